The van der Waals surface area contributed by atoms with E-state index in [0.29, 0.717) is 6.04 Å². The van der Waals surface area contributed by atoms with E-state index in [0.717, 1.165) is 0 Å². The Balaban J connectivity index is 3.64. The Bertz CT molecular complexity index is 158. The Hall–Kier alpha value is -0.300. The first-order valence-corrected chi connectivity index (χ1v) is 5.22. The van der Waals surface area contributed by atoms with Crippen LogP contribution in [0, 0.1) is 0 Å². The van der Waals surface area contributed by atoms with Gasteiger partial charge in [0.05, 0.1) is 0 Å². The maximum Gasteiger partial charge on any atom is 0.00989 e. The lowest BCUT2D eigenvalue weighted by molar-refractivity contribution is 0.361. The van der Waals surface area contributed by atoms with Gasteiger partial charge in [0.25, 0.3) is 0 Å². The van der Waals surface area contributed by atoms with Gasteiger partial charge in [0, 0.05) is 11.6 Å². The Labute approximate surface area is 83.6 Å². The van der Waals surface area contributed by atoms with Gasteiger partial charge < -0.3 is 5.32 Å². The molecule has 0 aromatic carbocycles. The molecular formula is C12H25N. The summed E-state index contributed by atoms with van der Waals surface area (Å²) < 4.78 is 0. The molecule has 0 aliphatic carbocycles. The van der Waals surface area contributed by atoms with Crippen molar-refractivity contribution in [1.82, 2.24) is 5.32 Å². The molecule has 0 bridgehead atoms. The molecule has 0 spiro atoms. The Morgan fingerprint density at radius 3 is 2.23 bits per heavy atom. The Morgan fingerprint density at radius 2 is 1.85 bits per heavy atom. The minimum atomic E-state index is 0.240. The normalized spacial score (nSPS) is 14.0. The first kappa shape index (κ1) is 12.7. The maximum atomic E-state index is 3.56. The summed E-state index contributed by atoms with van der Waals surface area (Å²) in [6, 6.07) is 0.607. The summed E-state index contributed by atoms with van der Waals surface area (Å²) in [6.45, 7) is 13.2. The zero-order valence-electron chi connectivity index (χ0n) is 10.1. The molecule has 1 nitrogen and oxygen atoms in total. The molecule has 0 fully saturated rings. The van der Waals surface area contributed by atoms with Crippen LogP contribution < -0.4 is 5.32 Å². The van der Waals surface area contributed by atoms with Crippen LogP contribution in [0.4, 0.5) is 0 Å². The Morgan fingerprint density at radius 1 is 1.31 bits per heavy atom. The van der Waals surface area contributed by atoms with Gasteiger partial charge in [-0.15, -0.1) is 0 Å². The van der Waals surface area contributed by atoms with Crippen molar-refractivity contribution in [3.63, 3.8) is 0 Å². The molecule has 13 heavy (non-hydrogen) atoms. The van der Waals surface area contributed by atoms with Crippen molar-refractivity contribution in [2.24, 2.45) is 0 Å². The third-order valence-corrected chi connectivity index (χ3v) is 1.83. The van der Waals surface area contributed by atoms with Crippen LogP contribution in [0.5, 0.6) is 0 Å². The number of allylic oxidation sites excluding steroid dienone is 2. The largest absolute Gasteiger partial charge is 0.310 e. The lowest BCUT2D eigenvalue weighted by Crippen LogP contribution is -2.42. The quantitative estimate of drug-likeness (QED) is 0.658. The molecule has 1 heteroatoms. The van der Waals surface area contributed by atoms with Crippen LogP contribution in [-0.4, -0.2) is 11.6 Å². The third kappa shape index (κ3) is 9.62. The molecule has 1 atom stereocenters. The zero-order valence-corrected chi connectivity index (χ0v) is 10.1. The minimum Gasteiger partial charge on any atom is -0.310 e. The summed E-state index contributed by atoms with van der Waals surface area (Å²) in [5, 5.41) is 3.56. The highest BCUT2D eigenvalue weighted by Gasteiger charge is 2.12. The monoisotopic (exact) mass is 183 g/mol. The third-order valence-electron chi connectivity index (χ3n) is 1.83. The highest BCUT2D eigenvalue weighted by Crippen LogP contribution is 2.06. The molecule has 0 aliphatic rings. The van der Waals surface area contributed by atoms with Crippen LogP contribution in [0.15, 0.2) is 11.6 Å². The zero-order chi connectivity index (χ0) is 10.5. The van der Waals surface area contributed by atoms with Crippen LogP contribution in [0.1, 0.15) is 54.4 Å². The Kier molecular flexibility index (Phi) is 5.31. The van der Waals surface area contributed by atoms with Gasteiger partial charge in [-0.1, -0.05) is 11.6 Å². The molecular weight excluding hydrogens is 158 g/mol. The van der Waals surface area contributed by atoms with Crippen LogP contribution in [-0.2, 0) is 0 Å². The van der Waals surface area contributed by atoms with E-state index in [-0.39, 0.29) is 5.54 Å². The van der Waals surface area contributed by atoms with E-state index in [1.165, 1.54) is 18.4 Å². The lowest BCUT2D eigenvalue weighted by atomic mass is 10.0. The summed E-state index contributed by atoms with van der Waals surface area (Å²) in [4.78, 5) is 0. The summed E-state index contributed by atoms with van der Waals surface area (Å²) in [7, 11) is 0. The molecule has 0 rings (SSSR count). The fourth-order valence-electron chi connectivity index (χ4n) is 1.43. The van der Waals surface area contributed by atoms with Crippen molar-refractivity contribution in [1.29, 1.82) is 0 Å². The van der Waals surface area contributed by atoms with Crippen LogP contribution in [0.3, 0.4) is 0 Å². The van der Waals surface area contributed by atoms with Gasteiger partial charge in [-0.3, -0.25) is 0 Å². The van der Waals surface area contributed by atoms with Crippen molar-refractivity contribution >= 4 is 0 Å². The van der Waals surface area contributed by atoms with Crippen LogP contribution in [0.25, 0.3) is 0 Å². The fourth-order valence-corrected chi connectivity index (χ4v) is 1.43. The average Bonchev–Trinajstić information content (AvgIpc) is 1.81. The van der Waals surface area contributed by atoms with E-state index in [1.807, 2.05) is 0 Å². The predicted octanol–water partition coefficient (Wildman–Crippen LogP) is 3.51. The summed E-state index contributed by atoms with van der Waals surface area (Å²) in [6.07, 6.45) is 4.72. The van der Waals surface area contributed by atoms with Gasteiger partial charge in [-0.05, 0) is 54.4 Å². The van der Waals surface area contributed by atoms with Crippen LogP contribution in [0.2, 0.25) is 0 Å². The second-order valence-electron chi connectivity index (χ2n) is 5.15. The van der Waals surface area contributed by atoms with Crippen LogP contribution >= 0.6 is 0 Å². The van der Waals surface area contributed by atoms with Crippen molar-refractivity contribution in [2.75, 3.05) is 0 Å². The van der Waals surface area contributed by atoms with Crippen molar-refractivity contribution in [3.8, 4) is 0 Å². The van der Waals surface area contributed by atoms with Gasteiger partial charge in [0.1, 0.15) is 0 Å². The average molecular weight is 183 g/mol. The van der Waals surface area contributed by atoms with E-state index in [4.69, 9.17) is 0 Å². The molecule has 0 aromatic heterocycles. The van der Waals surface area contributed by atoms with Crippen molar-refractivity contribution in [3.05, 3.63) is 11.6 Å². The summed E-state index contributed by atoms with van der Waals surface area (Å²) in [5.41, 5.74) is 1.66. The number of rotatable bonds is 4. The molecule has 0 aliphatic heterocycles. The molecule has 0 amide bonds. The van der Waals surface area contributed by atoms with E-state index >= 15 is 0 Å². The van der Waals surface area contributed by atoms with E-state index in [9.17, 15) is 0 Å². The molecule has 1 N–H and O–H groups in total. The van der Waals surface area contributed by atoms with E-state index in [1.54, 1.807) is 0 Å². The molecule has 0 aromatic rings. The maximum absolute atomic E-state index is 3.56. The van der Waals surface area contributed by atoms with Gasteiger partial charge in [-0.25, -0.2) is 0 Å². The topological polar surface area (TPSA) is 12.0 Å². The molecule has 78 valence electrons. The number of nitrogens with one attached hydrogen (secondary N) is 1. The standard InChI is InChI=1S/C12H25N/c1-10(2)8-7-9-11(3)13-12(4,5)6/h8,11,13H,7,9H2,1-6H3. The molecule has 0 saturated carbocycles. The molecule has 0 heterocycles. The molecule has 0 saturated heterocycles. The highest BCUT2D eigenvalue weighted by atomic mass is 15.0. The molecule has 0 radical (unpaired) electrons. The summed E-state index contributed by atoms with van der Waals surface area (Å²) >= 11 is 0. The van der Waals surface area contributed by atoms with Gasteiger partial charge in [0.15, 0.2) is 0 Å². The summed E-state index contributed by atoms with van der Waals surface area (Å²) in [5.74, 6) is 0. The number of hydrogen-bond donors (Lipinski definition) is 1. The second-order valence-corrected chi connectivity index (χ2v) is 5.15. The van der Waals surface area contributed by atoms with E-state index in [2.05, 4.69) is 52.9 Å². The fraction of sp³-hybridized carbons (Fsp3) is 0.833. The smallest absolute Gasteiger partial charge is 0.00989 e. The molecule has 1 unspecified atom stereocenters. The lowest BCUT2D eigenvalue weighted by Gasteiger charge is -2.25. The highest BCUT2D eigenvalue weighted by molar-refractivity contribution is 4.93. The van der Waals surface area contributed by atoms with E-state index < -0.39 is 0 Å². The van der Waals surface area contributed by atoms with Gasteiger partial charge >= 0.3 is 0 Å². The van der Waals surface area contributed by atoms with Gasteiger partial charge in [0.2, 0.25) is 0 Å². The first-order chi connectivity index (χ1) is 5.81. The predicted molar refractivity (Wildman–Crippen MR) is 61.0 cm³/mol. The van der Waals surface area contributed by atoms with Gasteiger partial charge in [-0.2, -0.15) is 0 Å². The first-order valence-electron chi connectivity index (χ1n) is 5.22. The van der Waals surface area contributed by atoms with Crippen molar-refractivity contribution in [2.45, 2.75) is 66.0 Å². The minimum absolute atomic E-state index is 0.240. The second kappa shape index (κ2) is 5.43. The van der Waals surface area contributed by atoms with Crippen molar-refractivity contribution < 1.29 is 0 Å². The SMILES string of the molecule is CC(C)=CCCC(C)NC(C)(C)C. The number of hydrogen-bond acceptors (Lipinski definition) is 1.